The van der Waals surface area contributed by atoms with Crippen LogP contribution in [0.4, 0.5) is 5.69 Å². The van der Waals surface area contributed by atoms with Crippen molar-refractivity contribution >= 4 is 17.5 Å². The van der Waals surface area contributed by atoms with E-state index < -0.39 is 0 Å². The fourth-order valence-electron chi connectivity index (χ4n) is 2.14. The molecule has 5 heteroatoms. The minimum Gasteiger partial charge on any atom is -0.396 e. The van der Waals surface area contributed by atoms with Gasteiger partial charge in [0, 0.05) is 18.2 Å². The molecule has 2 amide bonds. The van der Waals surface area contributed by atoms with Crippen LogP contribution in [0.25, 0.3) is 0 Å². The SMILES string of the molecule is C[C@@H](CCO)NC(=O)c1ccccc1NC(=O)c1ccccc1. The molecule has 0 fully saturated rings. The van der Waals surface area contributed by atoms with Crippen molar-refractivity contribution in [1.82, 2.24) is 5.32 Å². The molecule has 0 aliphatic heterocycles. The molecule has 0 radical (unpaired) electrons. The van der Waals surface area contributed by atoms with Crippen LogP contribution < -0.4 is 10.6 Å². The van der Waals surface area contributed by atoms with Crippen LogP contribution in [-0.2, 0) is 0 Å². The van der Waals surface area contributed by atoms with E-state index in [0.717, 1.165) is 0 Å². The average molecular weight is 312 g/mol. The number of hydrogen-bond donors (Lipinski definition) is 3. The standard InChI is InChI=1S/C18H20N2O3/c1-13(11-12-21)19-18(23)15-9-5-6-10-16(15)20-17(22)14-7-3-2-4-8-14/h2-10,13,21H,11-12H2,1H3,(H,19,23)(H,20,22)/t13-/m0/s1. The number of rotatable bonds is 6. The summed E-state index contributed by atoms with van der Waals surface area (Å²) in [6, 6.07) is 15.5. The minimum atomic E-state index is -0.282. The van der Waals surface area contributed by atoms with Crippen LogP contribution >= 0.6 is 0 Å². The number of carbonyl (C=O) groups is 2. The van der Waals surface area contributed by atoms with Gasteiger partial charge in [0.15, 0.2) is 0 Å². The number of aliphatic hydroxyl groups excluding tert-OH is 1. The molecule has 1 atom stereocenters. The lowest BCUT2D eigenvalue weighted by atomic mass is 10.1. The van der Waals surface area contributed by atoms with Crippen molar-refractivity contribution in [3.8, 4) is 0 Å². The Labute approximate surface area is 135 Å². The monoisotopic (exact) mass is 312 g/mol. The Morgan fingerprint density at radius 2 is 1.65 bits per heavy atom. The quantitative estimate of drug-likeness (QED) is 0.766. The fraction of sp³-hybridized carbons (Fsp3) is 0.222. The molecule has 0 saturated heterocycles. The van der Waals surface area contributed by atoms with E-state index >= 15 is 0 Å². The van der Waals surface area contributed by atoms with E-state index in [1.54, 1.807) is 48.5 Å². The molecule has 120 valence electrons. The van der Waals surface area contributed by atoms with E-state index in [1.807, 2.05) is 13.0 Å². The first kappa shape index (κ1) is 16.7. The van der Waals surface area contributed by atoms with E-state index in [9.17, 15) is 9.59 Å². The number of carbonyl (C=O) groups excluding carboxylic acids is 2. The predicted octanol–water partition coefficient (Wildman–Crippen LogP) is 2.44. The Hall–Kier alpha value is -2.66. The molecular weight excluding hydrogens is 292 g/mol. The molecule has 0 spiro atoms. The van der Waals surface area contributed by atoms with E-state index in [1.165, 1.54) is 0 Å². The summed E-state index contributed by atoms with van der Waals surface area (Å²) in [4.78, 5) is 24.6. The molecule has 0 aliphatic rings. The van der Waals surface area contributed by atoms with Crippen LogP contribution in [0, 0.1) is 0 Å². The van der Waals surface area contributed by atoms with Gasteiger partial charge in [-0.05, 0) is 37.6 Å². The zero-order valence-electron chi connectivity index (χ0n) is 13.0. The molecule has 0 unspecified atom stereocenters. The number of anilines is 1. The van der Waals surface area contributed by atoms with Gasteiger partial charge in [-0.3, -0.25) is 9.59 Å². The van der Waals surface area contributed by atoms with Gasteiger partial charge in [0.1, 0.15) is 0 Å². The van der Waals surface area contributed by atoms with Crippen molar-refractivity contribution in [1.29, 1.82) is 0 Å². The Morgan fingerprint density at radius 3 is 2.35 bits per heavy atom. The Balaban J connectivity index is 2.14. The molecule has 0 bridgehead atoms. The lowest BCUT2D eigenvalue weighted by Gasteiger charge is -2.15. The third kappa shape index (κ3) is 4.66. The normalized spacial score (nSPS) is 11.6. The van der Waals surface area contributed by atoms with Crippen LogP contribution in [0.2, 0.25) is 0 Å². The zero-order valence-corrected chi connectivity index (χ0v) is 13.0. The molecular formula is C18H20N2O3. The largest absolute Gasteiger partial charge is 0.396 e. The maximum Gasteiger partial charge on any atom is 0.255 e. The van der Waals surface area contributed by atoms with Crippen molar-refractivity contribution in [3.05, 3.63) is 65.7 Å². The maximum absolute atomic E-state index is 12.3. The van der Waals surface area contributed by atoms with Gasteiger partial charge in [0.05, 0.1) is 11.3 Å². The van der Waals surface area contributed by atoms with Crippen LogP contribution in [0.3, 0.4) is 0 Å². The molecule has 0 aliphatic carbocycles. The van der Waals surface area contributed by atoms with Gasteiger partial charge in [-0.2, -0.15) is 0 Å². The van der Waals surface area contributed by atoms with Gasteiger partial charge in [-0.15, -0.1) is 0 Å². The smallest absolute Gasteiger partial charge is 0.255 e. The zero-order chi connectivity index (χ0) is 16.7. The molecule has 3 N–H and O–H groups in total. The number of benzene rings is 2. The van der Waals surface area contributed by atoms with Crippen LogP contribution in [-0.4, -0.2) is 29.6 Å². The maximum atomic E-state index is 12.3. The number of aliphatic hydroxyl groups is 1. The number of para-hydroxylation sites is 1. The van der Waals surface area contributed by atoms with Gasteiger partial charge in [0.25, 0.3) is 11.8 Å². The molecule has 2 aromatic carbocycles. The molecule has 2 aromatic rings. The van der Waals surface area contributed by atoms with Crippen LogP contribution in [0.15, 0.2) is 54.6 Å². The third-order valence-corrected chi connectivity index (χ3v) is 3.40. The molecule has 0 heterocycles. The van der Waals surface area contributed by atoms with Gasteiger partial charge in [0.2, 0.25) is 0 Å². The van der Waals surface area contributed by atoms with Crippen LogP contribution in [0.1, 0.15) is 34.1 Å². The fourth-order valence-corrected chi connectivity index (χ4v) is 2.14. The van der Waals surface area contributed by atoms with Crippen molar-refractivity contribution in [2.24, 2.45) is 0 Å². The van der Waals surface area contributed by atoms with E-state index in [4.69, 9.17) is 5.11 Å². The molecule has 0 aromatic heterocycles. The van der Waals surface area contributed by atoms with E-state index in [-0.39, 0.29) is 24.5 Å². The highest BCUT2D eigenvalue weighted by molar-refractivity contribution is 6.09. The summed E-state index contributed by atoms with van der Waals surface area (Å²) in [6.45, 7) is 1.83. The highest BCUT2D eigenvalue weighted by Gasteiger charge is 2.15. The first-order valence-electron chi connectivity index (χ1n) is 7.49. The second-order valence-electron chi connectivity index (χ2n) is 5.25. The molecule has 2 rings (SSSR count). The lowest BCUT2D eigenvalue weighted by Crippen LogP contribution is -2.33. The number of amides is 2. The van der Waals surface area contributed by atoms with Crippen molar-refractivity contribution in [2.75, 3.05) is 11.9 Å². The predicted molar refractivity (Wildman–Crippen MR) is 89.5 cm³/mol. The average Bonchev–Trinajstić information content (AvgIpc) is 2.56. The lowest BCUT2D eigenvalue weighted by molar-refractivity contribution is 0.0935. The topological polar surface area (TPSA) is 78.4 Å². The highest BCUT2D eigenvalue weighted by Crippen LogP contribution is 2.16. The van der Waals surface area contributed by atoms with Gasteiger partial charge in [-0.25, -0.2) is 0 Å². The first-order valence-corrected chi connectivity index (χ1v) is 7.49. The summed E-state index contributed by atoms with van der Waals surface area (Å²) in [5, 5.41) is 14.5. The van der Waals surface area contributed by atoms with Crippen molar-refractivity contribution < 1.29 is 14.7 Å². The Bertz CT molecular complexity index is 671. The van der Waals surface area contributed by atoms with E-state index in [2.05, 4.69) is 10.6 Å². The molecule has 23 heavy (non-hydrogen) atoms. The van der Waals surface area contributed by atoms with Crippen molar-refractivity contribution in [3.63, 3.8) is 0 Å². The third-order valence-electron chi connectivity index (χ3n) is 3.40. The molecule has 5 nitrogen and oxygen atoms in total. The Morgan fingerprint density at radius 1 is 1.00 bits per heavy atom. The summed E-state index contributed by atoms with van der Waals surface area (Å²) in [6.07, 6.45) is 0.476. The van der Waals surface area contributed by atoms with E-state index in [0.29, 0.717) is 23.2 Å². The second-order valence-corrected chi connectivity index (χ2v) is 5.25. The number of hydrogen-bond acceptors (Lipinski definition) is 3. The summed E-state index contributed by atoms with van der Waals surface area (Å²) in [5.41, 5.74) is 1.37. The summed E-state index contributed by atoms with van der Waals surface area (Å²) < 4.78 is 0. The number of nitrogens with one attached hydrogen (secondary N) is 2. The van der Waals surface area contributed by atoms with Gasteiger partial charge < -0.3 is 15.7 Å². The Kier molecular flexibility index (Phi) is 5.88. The summed E-state index contributed by atoms with van der Waals surface area (Å²) in [7, 11) is 0. The van der Waals surface area contributed by atoms with Crippen molar-refractivity contribution in [2.45, 2.75) is 19.4 Å². The van der Waals surface area contributed by atoms with Gasteiger partial charge >= 0.3 is 0 Å². The first-order chi connectivity index (χ1) is 11.1. The summed E-state index contributed by atoms with van der Waals surface area (Å²) in [5.74, 6) is -0.552. The summed E-state index contributed by atoms with van der Waals surface area (Å²) >= 11 is 0. The van der Waals surface area contributed by atoms with Crippen LogP contribution in [0.5, 0.6) is 0 Å². The second kappa shape index (κ2) is 8.10. The van der Waals surface area contributed by atoms with Gasteiger partial charge in [-0.1, -0.05) is 30.3 Å². The minimum absolute atomic E-state index is 0.00777. The molecule has 0 saturated carbocycles. The highest BCUT2D eigenvalue weighted by atomic mass is 16.3.